The lowest BCUT2D eigenvalue weighted by atomic mass is 10.2. The third-order valence-electron chi connectivity index (χ3n) is 3.51. The van der Waals surface area contributed by atoms with Crippen LogP contribution in [-0.4, -0.2) is 31.8 Å². The molecule has 0 saturated carbocycles. The van der Waals surface area contributed by atoms with Crippen molar-refractivity contribution in [3.8, 4) is 5.75 Å². The summed E-state index contributed by atoms with van der Waals surface area (Å²) in [7, 11) is -0.492. The summed E-state index contributed by atoms with van der Waals surface area (Å²) in [6.07, 6.45) is 0. The van der Waals surface area contributed by atoms with Gasteiger partial charge in [0.25, 0.3) is 5.69 Å². The number of rotatable bonds is 7. The highest BCUT2D eigenvalue weighted by Crippen LogP contribution is 2.18. The van der Waals surface area contributed by atoms with E-state index in [-0.39, 0.29) is 18.0 Å². The van der Waals surface area contributed by atoms with Crippen molar-refractivity contribution in [3.05, 3.63) is 69.8 Å². The minimum absolute atomic E-state index is 0.0686. The minimum Gasteiger partial charge on any atom is -0.497 e. The van der Waals surface area contributed by atoms with Crippen molar-refractivity contribution in [3.63, 3.8) is 0 Å². The van der Waals surface area contributed by atoms with Crippen LogP contribution in [0.15, 0.2) is 48.5 Å². The monoisotopic (exact) mass is 350 g/mol. The van der Waals surface area contributed by atoms with E-state index in [2.05, 4.69) is 0 Å². The minimum atomic E-state index is -3.54. The number of hydrogen-bond acceptors (Lipinski definition) is 5. The van der Waals surface area contributed by atoms with Crippen LogP contribution in [0.25, 0.3) is 0 Å². The first-order valence-electron chi connectivity index (χ1n) is 7.12. The zero-order valence-electron chi connectivity index (χ0n) is 13.4. The van der Waals surface area contributed by atoms with Gasteiger partial charge < -0.3 is 4.74 Å². The number of nitrogens with zero attached hydrogens (tertiary/aromatic N) is 2. The molecule has 0 aliphatic rings. The SMILES string of the molecule is COc1cccc(CN(C)S(=O)(=O)Cc2ccc([N+](=O)[O-])cc2)c1. The van der Waals surface area contributed by atoms with Crippen LogP contribution in [0.2, 0.25) is 0 Å². The quantitative estimate of drug-likeness (QED) is 0.565. The van der Waals surface area contributed by atoms with Crippen LogP contribution < -0.4 is 4.74 Å². The van der Waals surface area contributed by atoms with Gasteiger partial charge in [-0.25, -0.2) is 12.7 Å². The third kappa shape index (κ3) is 4.53. The smallest absolute Gasteiger partial charge is 0.269 e. The first kappa shape index (κ1) is 17.9. The molecule has 0 bridgehead atoms. The molecule has 0 fully saturated rings. The van der Waals surface area contributed by atoms with Crippen molar-refractivity contribution < 1.29 is 18.1 Å². The predicted molar refractivity (Wildman–Crippen MR) is 90.2 cm³/mol. The molecule has 0 N–H and O–H groups in total. The van der Waals surface area contributed by atoms with Gasteiger partial charge in [-0.2, -0.15) is 0 Å². The van der Waals surface area contributed by atoms with E-state index in [1.807, 2.05) is 6.07 Å². The van der Waals surface area contributed by atoms with E-state index in [0.29, 0.717) is 11.3 Å². The molecule has 0 saturated heterocycles. The Labute approximate surface area is 140 Å². The zero-order chi connectivity index (χ0) is 17.7. The number of sulfonamides is 1. The fraction of sp³-hybridized carbons (Fsp3) is 0.250. The maximum atomic E-state index is 12.4. The molecule has 0 spiro atoms. The van der Waals surface area contributed by atoms with Crippen LogP contribution in [0, 0.1) is 10.1 Å². The summed E-state index contributed by atoms with van der Waals surface area (Å²) < 4.78 is 31.3. The summed E-state index contributed by atoms with van der Waals surface area (Å²) in [5, 5.41) is 10.6. The third-order valence-corrected chi connectivity index (χ3v) is 5.29. The largest absolute Gasteiger partial charge is 0.497 e. The highest BCUT2D eigenvalue weighted by Gasteiger charge is 2.19. The highest BCUT2D eigenvalue weighted by molar-refractivity contribution is 7.88. The molecule has 0 heterocycles. The van der Waals surface area contributed by atoms with Crippen molar-refractivity contribution in [2.75, 3.05) is 14.2 Å². The molecule has 2 aromatic rings. The van der Waals surface area contributed by atoms with Gasteiger partial charge in [0.05, 0.1) is 17.8 Å². The van der Waals surface area contributed by atoms with Gasteiger partial charge in [-0.15, -0.1) is 0 Å². The van der Waals surface area contributed by atoms with E-state index in [0.717, 1.165) is 5.56 Å². The normalized spacial score (nSPS) is 11.5. The fourth-order valence-electron chi connectivity index (χ4n) is 2.16. The van der Waals surface area contributed by atoms with Gasteiger partial charge >= 0.3 is 0 Å². The van der Waals surface area contributed by atoms with Gasteiger partial charge in [0.15, 0.2) is 0 Å². The number of nitro benzene ring substituents is 1. The second-order valence-corrected chi connectivity index (χ2v) is 7.36. The van der Waals surface area contributed by atoms with Crippen molar-refractivity contribution >= 4 is 15.7 Å². The summed E-state index contributed by atoms with van der Waals surface area (Å²) in [6, 6.07) is 12.7. The molecule has 0 radical (unpaired) electrons. The van der Waals surface area contributed by atoms with Crippen LogP contribution in [-0.2, 0) is 22.3 Å². The Morgan fingerprint density at radius 2 is 1.79 bits per heavy atom. The molecule has 0 amide bonds. The first-order valence-corrected chi connectivity index (χ1v) is 8.73. The Morgan fingerprint density at radius 1 is 1.12 bits per heavy atom. The average Bonchev–Trinajstić information content (AvgIpc) is 2.55. The molecule has 0 aromatic heterocycles. The van der Waals surface area contributed by atoms with Crippen LogP contribution in [0.5, 0.6) is 5.75 Å². The molecule has 2 aromatic carbocycles. The Morgan fingerprint density at radius 3 is 2.38 bits per heavy atom. The lowest BCUT2D eigenvalue weighted by Crippen LogP contribution is -2.27. The number of benzene rings is 2. The van der Waals surface area contributed by atoms with Gasteiger partial charge in [0, 0.05) is 25.7 Å². The molecule has 8 heteroatoms. The van der Waals surface area contributed by atoms with Crippen molar-refractivity contribution in [2.45, 2.75) is 12.3 Å². The van der Waals surface area contributed by atoms with Crippen molar-refractivity contribution in [2.24, 2.45) is 0 Å². The summed E-state index contributed by atoms with van der Waals surface area (Å²) in [5.41, 5.74) is 1.24. The number of hydrogen-bond donors (Lipinski definition) is 0. The maximum absolute atomic E-state index is 12.4. The van der Waals surface area contributed by atoms with Gasteiger partial charge in [-0.1, -0.05) is 24.3 Å². The van der Waals surface area contributed by atoms with Crippen molar-refractivity contribution in [1.82, 2.24) is 4.31 Å². The molecule has 0 aliphatic carbocycles. The lowest BCUT2D eigenvalue weighted by molar-refractivity contribution is -0.384. The molecule has 0 unspecified atom stereocenters. The van der Waals surface area contributed by atoms with Crippen LogP contribution in [0.4, 0.5) is 5.69 Å². The molecule has 0 aliphatic heterocycles. The van der Waals surface area contributed by atoms with Crippen LogP contribution in [0.1, 0.15) is 11.1 Å². The Kier molecular flexibility index (Phi) is 5.53. The predicted octanol–water partition coefficient (Wildman–Crippen LogP) is 2.57. The zero-order valence-corrected chi connectivity index (χ0v) is 14.2. The van der Waals surface area contributed by atoms with Crippen LogP contribution >= 0.6 is 0 Å². The molecular weight excluding hydrogens is 332 g/mol. The highest BCUT2D eigenvalue weighted by atomic mass is 32.2. The van der Waals surface area contributed by atoms with Gasteiger partial charge in [-0.3, -0.25) is 10.1 Å². The summed E-state index contributed by atoms with van der Waals surface area (Å²) in [4.78, 5) is 10.1. The molecule has 24 heavy (non-hydrogen) atoms. The van der Waals surface area contributed by atoms with Gasteiger partial charge in [0.2, 0.25) is 10.0 Å². The molecular formula is C16H18N2O5S. The van der Waals surface area contributed by atoms with Gasteiger partial charge in [-0.05, 0) is 23.3 Å². The number of ether oxygens (including phenoxy) is 1. The van der Waals surface area contributed by atoms with Crippen LogP contribution in [0.3, 0.4) is 0 Å². The van der Waals surface area contributed by atoms with E-state index in [1.54, 1.807) is 25.3 Å². The van der Waals surface area contributed by atoms with E-state index in [9.17, 15) is 18.5 Å². The molecule has 0 atom stereocenters. The molecule has 7 nitrogen and oxygen atoms in total. The standard InChI is InChI=1S/C16H18N2O5S/c1-17(11-14-4-3-5-16(10-14)23-2)24(21,22)12-13-6-8-15(9-7-13)18(19)20/h3-10H,11-12H2,1-2H3. The van der Waals surface area contributed by atoms with E-state index >= 15 is 0 Å². The van der Waals surface area contributed by atoms with Gasteiger partial charge in [0.1, 0.15) is 5.75 Å². The number of methoxy groups -OCH3 is 1. The summed E-state index contributed by atoms with van der Waals surface area (Å²) in [6.45, 7) is 0.215. The Balaban J connectivity index is 2.09. The summed E-state index contributed by atoms with van der Waals surface area (Å²) >= 11 is 0. The first-order chi connectivity index (χ1) is 11.3. The number of nitro groups is 1. The second kappa shape index (κ2) is 7.41. The lowest BCUT2D eigenvalue weighted by Gasteiger charge is -2.17. The number of non-ortho nitro benzene ring substituents is 1. The van der Waals surface area contributed by atoms with E-state index in [4.69, 9.17) is 4.74 Å². The van der Waals surface area contributed by atoms with Crippen molar-refractivity contribution in [1.29, 1.82) is 0 Å². The second-order valence-electron chi connectivity index (χ2n) is 5.29. The Bertz CT molecular complexity index is 819. The molecule has 128 valence electrons. The Hall–Kier alpha value is -2.45. The molecule has 2 rings (SSSR count). The summed E-state index contributed by atoms with van der Waals surface area (Å²) in [5.74, 6) is 0.444. The topological polar surface area (TPSA) is 89.8 Å². The average molecular weight is 350 g/mol. The van der Waals surface area contributed by atoms with E-state index < -0.39 is 14.9 Å². The van der Waals surface area contributed by atoms with E-state index in [1.165, 1.54) is 35.6 Å². The fourth-order valence-corrected chi connectivity index (χ4v) is 3.34. The maximum Gasteiger partial charge on any atom is 0.269 e.